The first kappa shape index (κ1) is 21.2. The van der Waals surface area contributed by atoms with E-state index in [0.717, 1.165) is 0 Å². The van der Waals surface area contributed by atoms with Gasteiger partial charge in [0, 0.05) is 31.3 Å². The van der Waals surface area contributed by atoms with Crippen molar-refractivity contribution in [2.24, 2.45) is 5.92 Å². The lowest BCUT2D eigenvalue weighted by atomic mass is 9.76. The number of likely N-dealkylation sites (tertiary alicyclic amines) is 2. The highest BCUT2D eigenvalue weighted by molar-refractivity contribution is 5.99. The number of aromatic nitrogens is 2. The first-order valence-corrected chi connectivity index (χ1v) is 10.2. The summed E-state index contributed by atoms with van der Waals surface area (Å²) in [6.07, 6.45) is 4.89. The zero-order valence-electron chi connectivity index (χ0n) is 17.4. The number of hydrogen-bond acceptors (Lipinski definition) is 6. The predicted octanol–water partition coefficient (Wildman–Crippen LogP) is 0.743. The number of aliphatic hydroxyl groups is 1. The summed E-state index contributed by atoms with van der Waals surface area (Å²) in [6.45, 7) is 7.74. The molecule has 0 aliphatic carbocycles. The van der Waals surface area contributed by atoms with E-state index >= 15 is 0 Å². The Morgan fingerprint density at radius 3 is 2.59 bits per heavy atom. The second-order valence-corrected chi connectivity index (χ2v) is 8.07. The largest absolute Gasteiger partial charge is 0.348 e. The summed E-state index contributed by atoms with van der Waals surface area (Å²) >= 11 is 0. The molecule has 3 rings (SSSR count). The van der Waals surface area contributed by atoms with Gasteiger partial charge in [0.05, 0.1) is 6.04 Å². The normalized spacial score (nSPS) is 25.9. The Bertz CT molecular complexity index is 801. The molecule has 1 spiro atoms. The summed E-state index contributed by atoms with van der Waals surface area (Å²) in [5, 5.41) is 14.0. The maximum Gasteiger partial charge on any atom is 0.285 e. The van der Waals surface area contributed by atoms with Crippen LogP contribution in [0.5, 0.6) is 0 Å². The number of nitrogens with one attached hydrogen (secondary N) is 1. The molecule has 2 aliphatic heterocycles. The zero-order valence-corrected chi connectivity index (χ0v) is 17.4. The van der Waals surface area contributed by atoms with Crippen LogP contribution in [-0.2, 0) is 20.2 Å². The highest BCUT2D eigenvalue weighted by Crippen LogP contribution is 2.48. The van der Waals surface area contributed by atoms with Crippen LogP contribution in [0.15, 0.2) is 18.5 Å². The van der Waals surface area contributed by atoms with Crippen LogP contribution in [0.3, 0.4) is 0 Å². The summed E-state index contributed by atoms with van der Waals surface area (Å²) in [7, 11) is 0. The van der Waals surface area contributed by atoms with E-state index in [9.17, 15) is 19.5 Å². The molecule has 3 amide bonds. The smallest absolute Gasteiger partial charge is 0.285 e. The molecule has 1 aromatic heterocycles. The molecule has 0 saturated carbocycles. The van der Waals surface area contributed by atoms with Gasteiger partial charge in [0.2, 0.25) is 17.6 Å². The van der Waals surface area contributed by atoms with E-state index in [2.05, 4.69) is 15.3 Å². The minimum atomic E-state index is -2.18. The van der Waals surface area contributed by atoms with Crippen molar-refractivity contribution in [1.82, 2.24) is 25.1 Å². The zero-order chi connectivity index (χ0) is 21.4. The predicted molar refractivity (Wildman–Crippen MR) is 104 cm³/mol. The van der Waals surface area contributed by atoms with Crippen LogP contribution in [-0.4, -0.2) is 60.7 Å². The second kappa shape index (κ2) is 7.70. The fourth-order valence-corrected chi connectivity index (χ4v) is 4.44. The van der Waals surface area contributed by atoms with E-state index in [1.54, 1.807) is 31.7 Å². The van der Waals surface area contributed by atoms with E-state index in [1.807, 2.05) is 6.92 Å². The Balaban J connectivity index is 1.98. The molecule has 2 aliphatic rings. The van der Waals surface area contributed by atoms with Gasteiger partial charge in [-0.1, -0.05) is 20.8 Å². The Labute approximate surface area is 170 Å². The maximum absolute atomic E-state index is 13.5. The minimum Gasteiger partial charge on any atom is -0.348 e. The van der Waals surface area contributed by atoms with Crippen molar-refractivity contribution in [1.29, 1.82) is 0 Å². The molecule has 9 nitrogen and oxygen atoms in total. The third kappa shape index (κ3) is 3.17. The van der Waals surface area contributed by atoms with Crippen molar-refractivity contribution >= 4 is 17.7 Å². The van der Waals surface area contributed by atoms with Crippen LogP contribution in [0, 0.1) is 5.92 Å². The van der Waals surface area contributed by atoms with E-state index < -0.39 is 29.2 Å². The second-order valence-electron chi connectivity index (χ2n) is 8.07. The number of β-lactam (4-membered cyclic amide) rings is 1. The Morgan fingerprint density at radius 2 is 2.03 bits per heavy atom. The number of rotatable bonds is 6. The lowest BCUT2D eigenvalue weighted by molar-refractivity contribution is -0.235. The molecule has 29 heavy (non-hydrogen) atoms. The molecule has 0 aromatic carbocycles. The van der Waals surface area contributed by atoms with Gasteiger partial charge in [-0.05, 0) is 32.3 Å². The van der Waals surface area contributed by atoms with Crippen LogP contribution in [0.25, 0.3) is 0 Å². The molecule has 1 aromatic rings. The molecule has 0 radical (unpaired) electrons. The molecule has 158 valence electrons. The van der Waals surface area contributed by atoms with Gasteiger partial charge in [0.25, 0.3) is 11.8 Å². The van der Waals surface area contributed by atoms with Gasteiger partial charge in [0.15, 0.2) is 0 Å². The van der Waals surface area contributed by atoms with Crippen molar-refractivity contribution < 1.29 is 19.5 Å². The van der Waals surface area contributed by atoms with Gasteiger partial charge in [0.1, 0.15) is 5.54 Å². The molecule has 0 bridgehead atoms. The standard InChI is InChI=1S/C20H29N5O4/c1-5-8-15(26)23-20(29,17-21-10-7-11-22-17)25-14(4)19(18(25)28)9-6-12-24(19)16(27)13(2)3/h7,10-11,13-14,29H,5-6,8-9,12H2,1-4H3,(H,23,26). The van der Waals surface area contributed by atoms with Crippen LogP contribution >= 0.6 is 0 Å². The van der Waals surface area contributed by atoms with Crippen molar-refractivity contribution in [3.8, 4) is 0 Å². The first-order chi connectivity index (χ1) is 13.7. The number of nitrogens with zero attached hydrogens (tertiary/aromatic N) is 4. The third-order valence-corrected chi connectivity index (χ3v) is 5.87. The molecule has 2 N–H and O–H groups in total. The van der Waals surface area contributed by atoms with Crippen molar-refractivity contribution in [2.45, 2.75) is 70.8 Å². The monoisotopic (exact) mass is 403 g/mol. The molecule has 2 saturated heterocycles. The molecule has 2 fully saturated rings. The van der Waals surface area contributed by atoms with Crippen LogP contribution in [0.4, 0.5) is 0 Å². The molecular formula is C20H29N5O4. The summed E-state index contributed by atoms with van der Waals surface area (Å²) in [5.74, 6) is -3.39. The van der Waals surface area contributed by atoms with Gasteiger partial charge >= 0.3 is 0 Å². The van der Waals surface area contributed by atoms with Gasteiger partial charge in [-0.15, -0.1) is 0 Å². The van der Waals surface area contributed by atoms with E-state index in [4.69, 9.17) is 0 Å². The van der Waals surface area contributed by atoms with Crippen LogP contribution < -0.4 is 5.32 Å². The van der Waals surface area contributed by atoms with E-state index in [1.165, 1.54) is 17.3 Å². The van der Waals surface area contributed by atoms with Crippen LogP contribution in [0.1, 0.15) is 59.2 Å². The van der Waals surface area contributed by atoms with Gasteiger partial charge in [-0.3, -0.25) is 19.3 Å². The Hall–Kier alpha value is -2.55. The number of carbonyl (C=O) groups excluding carboxylic acids is 3. The lowest BCUT2D eigenvalue weighted by Crippen LogP contribution is -2.84. The summed E-state index contributed by atoms with van der Waals surface area (Å²) in [6, 6.07) is 1.07. The quantitative estimate of drug-likeness (QED) is 0.535. The van der Waals surface area contributed by atoms with Crippen molar-refractivity contribution in [2.75, 3.05) is 6.54 Å². The first-order valence-electron chi connectivity index (χ1n) is 10.2. The van der Waals surface area contributed by atoms with Gasteiger partial charge in [-0.2, -0.15) is 0 Å². The van der Waals surface area contributed by atoms with Crippen molar-refractivity contribution in [3.05, 3.63) is 24.3 Å². The maximum atomic E-state index is 13.5. The number of hydrogen-bond donors (Lipinski definition) is 2. The Kier molecular flexibility index (Phi) is 5.62. The van der Waals surface area contributed by atoms with E-state index in [-0.39, 0.29) is 24.1 Å². The molecule has 3 atom stereocenters. The van der Waals surface area contributed by atoms with Gasteiger partial charge in [-0.25, -0.2) is 9.97 Å². The highest BCUT2D eigenvalue weighted by atomic mass is 16.3. The molecule has 3 unspecified atom stereocenters. The van der Waals surface area contributed by atoms with E-state index in [0.29, 0.717) is 25.8 Å². The Morgan fingerprint density at radius 1 is 1.38 bits per heavy atom. The molecule has 9 heteroatoms. The topological polar surface area (TPSA) is 116 Å². The fourth-order valence-electron chi connectivity index (χ4n) is 4.44. The average Bonchev–Trinajstić information content (AvgIpc) is 3.16. The molecular weight excluding hydrogens is 374 g/mol. The lowest BCUT2D eigenvalue weighted by Gasteiger charge is -2.60. The average molecular weight is 403 g/mol. The minimum absolute atomic E-state index is 0.0840. The highest BCUT2D eigenvalue weighted by Gasteiger charge is 2.70. The third-order valence-electron chi connectivity index (χ3n) is 5.87. The number of amides is 3. The van der Waals surface area contributed by atoms with Gasteiger partial charge < -0.3 is 15.3 Å². The fraction of sp³-hybridized carbons (Fsp3) is 0.650. The van der Waals surface area contributed by atoms with Crippen LogP contribution in [0.2, 0.25) is 0 Å². The summed E-state index contributed by atoms with van der Waals surface area (Å²) in [4.78, 5) is 49.5. The molecule has 3 heterocycles. The van der Waals surface area contributed by atoms with Crippen molar-refractivity contribution in [3.63, 3.8) is 0 Å². The summed E-state index contributed by atoms with van der Waals surface area (Å²) in [5.41, 5.74) is -1.00. The summed E-state index contributed by atoms with van der Waals surface area (Å²) < 4.78 is 0. The SMILES string of the molecule is CCCC(=O)NC(O)(c1ncccn1)N1C(=O)C2(CCCN2C(=O)C(C)C)C1C. The number of carbonyl (C=O) groups is 3.